The standard InChI is InChI=1S/C18H17ClN2O3S/c1-10-7-14-16(25-10)8-15(18(23)24-3)21(14)9-17(22)20-13-6-4-5-12(19)11(13)2/h4-8H,9H2,1-3H3,(H,20,22). The molecule has 0 aliphatic carbocycles. The second-order valence-corrected chi connectivity index (χ2v) is 7.37. The first kappa shape index (κ1) is 17.5. The molecular formula is C18H17ClN2O3S. The molecule has 1 amide bonds. The first-order valence-electron chi connectivity index (χ1n) is 7.63. The van der Waals surface area contributed by atoms with E-state index in [0.717, 1.165) is 20.7 Å². The number of carbonyl (C=O) groups excluding carboxylic acids is 2. The molecule has 5 nitrogen and oxygen atoms in total. The Morgan fingerprint density at radius 1 is 1.28 bits per heavy atom. The van der Waals surface area contributed by atoms with E-state index in [1.165, 1.54) is 7.11 Å². The van der Waals surface area contributed by atoms with Crippen LogP contribution in [-0.4, -0.2) is 23.6 Å². The van der Waals surface area contributed by atoms with Crippen LogP contribution in [0.15, 0.2) is 30.3 Å². The number of fused-ring (bicyclic) bond motifs is 1. The van der Waals surface area contributed by atoms with Crippen LogP contribution in [0.5, 0.6) is 0 Å². The van der Waals surface area contributed by atoms with Gasteiger partial charge in [0.2, 0.25) is 5.91 Å². The SMILES string of the molecule is COC(=O)c1cc2sc(C)cc2n1CC(=O)Nc1cccc(Cl)c1C. The minimum absolute atomic E-state index is 0.00998. The number of ether oxygens (including phenoxy) is 1. The van der Waals surface area contributed by atoms with Crippen molar-refractivity contribution in [3.8, 4) is 0 Å². The van der Waals surface area contributed by atoms with Crippen molar-refractivity contribution in [1.29, 1.82) is 0 Å². The molecule has 25 heavy (non-hydrogen) atoms. The number of benzene rings is 1. The predicted octanol–water partition coefficient (Wildman–Crippen LogP) is 4.40. The van der Waals surface area contributed by atoms with Gasteiger partial charge in [-0.3, -0.25) is 4.79 Å². The first-order valence-corrected chi connectivity index (χ1v) is 8.83. The maximum Gasteiger partial charge on any atom is 0.354 e. The third-order valence-electron chi connectivity index (χ3n) is 3.95. The number of nitrogens with zero attached hydrogens (tertiary/aromatic N) is 1. The molecular weight excluding hydrogens is 360 g/mol. The highest BCUT2D eigenvalue weighted by Crippen LogP contribution is 2.29. The number of esters is 1. The Morgan fingerprint density at radius 3 is 2.76 bits per heavy atom. The number of carbonyl (C=O) groups is 2. The fraction of sp³-hybridized carbons (Fsp3) is 0.222. The van der Waals surface area contributed by atoms with Gasteiger partial charge in [-0.25, -0.2) is 4.79 Å². The van der Waals surface area contributed by atoms with Gasteiger partial charge in [0, 0.05) is 15.6 Å². The average Bonchev–Trinajstić information content (AvgIpc) is 3.08. The van der Waals surface area contributed by atoms with Gasteiger partial charge < -0.3 is 14.6 Å². The monoisotopic (exact) mass is 376 g/mol. The zero-order valence-electron chi connectivity index (χ0n) is 14.1. The average molecular weight is 377 g/mol. The Balaban J connectivity index is 1.92. The highest BCUT2D eigenvalue weighted by molar-refractivity contribution is 7.19. The fourth-order valence-electron chi connectivity index (χ4n) is 2.69. The lowest BCUT2D eigenvalue weighted by molar-refractivity contribution is -0.116. The van der Waals surface area contributed by atoms with Gasteiger partial charge in [0.25, 0.3) is 0 Å². The summed E-state index contributed by atoms with van der Waals surface area (Å²) in [6.07, 6.45) is 0. The molecule has 0 spiro atoms. The zero-order chi connectivity index (χ0) is 18.1. The molecule has 0 aliphatic rings. The van der Waals surface area contributed by atoms with Crippen LogP contribution in [0.2, 0.25) is 5.02 Å². The van der Waals surface area contributed by atoms with E-state index in [2.05, 4.69) is 5.32 Å². The van der Waals surface area contributed by atoms with E-state index in [9.17, 15) is 9.59 Å². The first-order chi connectivity index (χ1) is 11.9. The molecule has 1 aromatic carbocycles. The van der Waals surface area contributed by atoms with Crippen molar-refractivity contribution in [2.75, 3.05) is 12.4 Å². The van der Waals surface area contributed by atoms with Crippen LogP contribution in [0.1, 0.15) is 20.9 Å². The van der Waals surface area contributed by atoms with Crippen LogP contribution in [0, 0.1) is 13.8 Å². The Labute approximate surface area is 154 Å². The van der Waals surface area contributed by atoms with E-state index < -0.39 is 5.97 Å². The van der Waals surface area contributed by atoms with Crippen molar-refractivity contribution in [2.45, 2.75) is 20.4 Å². The smallest absolute Gasteiger partial charge is 0.354 e. The van der Waals surface area contributed by atoms with Crippen molar-refractivity contribution in [3.05, 3.63) is 51.5 Å². The molecule has 0 fully saturated rings. The number of halogens is 1. The Hall–Kier alpha value is -2.31. The van der Waals surface area contributed by atoms with E-state index in [0.29, 0.717) is 16.4 Å². The molecule has 0 aliphatic heterocycles. The summed E-state index contributed by atoms with van der Waals surface area (Å²) in [6.45, 7) is 3.84. The van der Waals surface area contributed by atoms with Crippen molar-refractivity contribution < 1.29 is 14.3 Å². The lowest BCUT2D eigenvalue weighted by atomic mass is 10.2. The molecule has 3 rings (SSSR count). The van der Waals surface area contributed by atoms with Gasteiger partial charge in [0.05, 0.1) is 17.3 Å². The maximum atomic E-state index is 12.5. The Morgan fingerprint density at radius 2 is 2.04 bits per heavy atom. The number of hydrogen-bond acceptors (Lipinski definition) is 4. The molecule has 0 saturated carbocycles. The second-order valence-electron chi connectivity index (χ2n) is 5.67. The van der Waals surface area contributed by atoms with Gasteiger partial charge in [-0.2, -0.15) is 0 Å². The molecule has 2 heterocycles. The molecule has 0 atom stereocenters. The summed E-state index contributed by atoms with van der Waals surface area (Å²) in [4.78, 5) is 25.7. The molecule has 2 aromatic heterocycles. The number of nitrogens with one attached hydrogen (secondary N) is 1. The fourth-order valence-corrected chi connectivity index (χ4v) is 3.82. The molecule has 0 saturated heterocycles. The van der Waals surface area contributed by atoms with Crippen molar-refractivity contribution in [3.63, 3.8) is 0 Å². The summed E-state index contributed by atoms with van der Waals surface area (Å²) >= 11 is 7.66. The third-order valence-corrected chi connectivity index (χ3v) is 5.35. The number of aromatic nitrogens is 1. The third kappa shape index (κ3) is 3.41. The van der Waals surface area contributed by atoms with Crippen LogP contribution in [0.3, 0.4) is 0 Å². The molecule has 3 aromatic rings. The summed E-state index contributed by atoms with van der Waals surface area (Å²) in [5.41, 5.74) is 2.67. The van der Waals surface area contributed by atoms with Crippen LogP contribution in [0.4, 0.5) is 5.69 Å². The highest BCUT2D eigenvalue weighted by atomic mass is 35.5. The van der Waals surface area contributed by atoms with Crippen molar-refractivity contribution in [2.24, 2.45) is 0 Å². The number of methoxy groups -OCH3 is 1. The summed E-state index contributed by atoms with van der Waals surface area (Å²) < 4.78 is 7.47. The predicted molar refractivity (Wildman–Crippen MR) is 101 cm³/mol. The summed E-state index contributed by atoms with van der Waals surface area (Å²) in [5.74, 6) is -0.704. The van der Waals surface area contributed by atoms with Crippen LogP contribution < -0.4 is 5.32 Å². The molecule has 0 radical (unpaired) electrons. The lowest BCUT2D eigenvalue weighted by Crippen LogP contribution is -2.22. The summed E-state index contributed by atoms with van der Waals surface area (Å²) in [7, 11) is 1.33. The van der Waals surface area contributed by atoms with E-state index in [-0.39, 0.29) is 12.5 Å². The number of amides is 1. The second kappa shape index (κ2) is 6.90. The number of thiophene rings is 1. The van der Waals surface area contributed by atoms with Crippen LogP contribution in [0.25, 0.3) is 10.2 Å². The van der Waals surface area contributed by atoms with Crippen LogP contribution >= 0.6 is 22.9 Å². The molecule has 7 heteroatoms. The minimum atomic E-state index is -0.465. The number of aryl methyl sites for hydroxylation is 1. The molecule has 1 N–H and O–H groups in total. The summed E-state index contributed by atoms with van der Waals surface area (Å²) in [6, 6.07) is 9.06. The minimum Gasteiger partial charge on any atom is -0.464 e. The lowest BCUT2D eigenvalue weighted by Gasteiger charge is -2.12. The Bertz CT molecular complexity index is 974. The molecule has 0 unspecified atom stereocenters. The van der Waals surface area contributed by atoms with Gasteiger partial charge in [0.15, 0.2) is 0 Å². The van der Waals surface area contributed by atoms with Crippen molar-refractivity contribution >= 4 is 50.7 Å². The highest BCUT2D eigenvalue weighted by Gasteiger charge is 2.20. The van der Waals surface area contributed by atoms with Gasteiger partial charge in [-0.05, 0) is 43.7 Å². The largest absolute Gasteiger partial charge is 0.464 e. The molecule has 0 bridgehead atoms. The number of anilines is 1. The number of hydrogen-bond donors (Lipinski definition) is 1. The van der Waals surface area contributed by atoms with Crippen molar-refractivity contribution in [1.82, 2.24) is 4.57 Å². The topological polar surface area (TPSA) is 60.3 Å². The zero-order valence-corrected chi connectivity index (χ0v) is 15.6. The maximum absolute atomic E-state index is 12.5. The quantitative estimate of drug-likeness (QED) is 0.686. The van der Waals surface area contributed by atoms with Gasteiger partial charge in [-0.1, -0.05) is 17.7 Å². The van der Waals surface area contributed by atoms with E-state index >= 15 is 0 Å². The van der Waals surface area contributed by atoms with E-state index in [1.807, 2.05) is 19.9 Å². The van der Waals surface area contributed by atoms with Gasteiger partial charge >= 0.3 is 5.97 Å². The normalized spacial score (nSPS) is 10.9. The van der Waals surface area contributed by atoms with Gasteiger partial charge in [0.1, 0.15) is 12.2 Å². The summed E-state index contributed by atoms with van der Waals surface area (Å²) in [5, 5.41) is 3.44. The molecule has 130 valence electrons. The number of rotatable bonds is 4. The Kier molecular flexibility index (Phi) is 4.83. The van der Waals surface area contributed by atoms with E-state index in [1.54, 1.807) is 40.2 Å². The van der Waals surface area contributed by atoms with E-state index in [4.69, 9.17) is 16.3 Å². The van der Waals surface area contributed by atoms with Crippen LogP contribution in [-0.2, 0) is 16.1 Å². The van der Waals surface area contributed by atoms with Gasteiger partial charge in [-0.15, -0.1) is 11.3 Å².